The molecule has 1 aromatic heterocycles. The number of hydrogen-bond acceptors (Lipinski definition) is 4. The maximum absolute atomic E-state index is 5.87. The summed E-state index contributed by atoms with van der Waals surface area (Å²) < 4.78 is 5.37. The molecule has 1 fully saturated rings. The summed E-state index contributed by atoms with van der Waals surface area (Å²) in [6.07, 6.45) is 3.15. The predicted octanol–water partition coefficient (Wildman–Crippen LogP) is 1.44. The molecule has 0 unspecified atom stereocenters. The molecule has 1 aliphatic heterocycles. The Hall–Kier alpha value is -0.450. The lowest BCUT2D eigenvalue weighted by Crippen LogP contribution is -2.38. The van der Waals surface area contributed by atoms with Crippen LogP contribution in [0.25, 0.3) is 0 Å². The largest absolute Gasteiger partial charge is 0.381 e. The fraction of sp³-hybridized carbons (Fsp3) is 0.700. The molecule has 0 radical (unpaired) electrons. The summed E-state index contributed by atoms with van der Waals surface area (Å²) in [5, 5.41) is 2.12. The minimum Gasteiger partial charge on any atom is -0.381 e. The van der Waals surface area contributed by atoms with Gasteiger partial charge in [0.15, 0.2) is 0 Å². The third-order valence-corrected chi connectivity index (χ3v) is 3.66. The van der Waals surface area contributed by atoms with Gasteiger partial charge in [-0.1, -0.05) is 0 Å². The molecule has 0 amide bonds. The summed E-state index contributed by atoms with van der Waals surface area (Å²) in [6, 6.07) is 0. The van der Waals surface area contributed by atoms with E-state index in [-0.39, 0.29) is 5.41 Å². The summed E-state index contributed by atoms with van der Waals surface area (Å²) in [4.78, 5) is 4.33. The highest BCUT2D eigenvalue weighted by molar-refractivity contribution is 7.07. The molecule has 0 spiro atoms. The maximum Gasteiger partial charge on any atom is 0.0794 e. The van der Waals surface area contributed by atoms with Gasteiger partial charge in [0.2, 0.25) is 0 Å². The van der Waals surface area contributed by atoms with Crippen molar-refractivity contribution >= 4 is 11.3 Å². The van der Waals surface area contributed by atoms with Gasteiger partial charge in [0.25, 0.3) is 0 Å². The quantitative estimate of drug-likeness (QED) is 0.824. The Morgan fingerprint density at radius 2 is 2.29 bits per heavy atom. The van der Waals surface area contributed by atoms with Crippen molar-refractivity contribution in [2.75, 3.05) is 19.8 Å². The molecule has 1 aromatic rings. The fourth-order valence-electron chi connectivity index (χ4n) is 1.97. The van der Waals surface area contributed by atoms with E-state index >= 15 is 0 Å². The minimum absolute atomic E-state index is 0.242. The molecule has 0 aliphatic carbocycles. The number of nitrogens with two attached hydrogens (primary N) is 1. The number of ether oxygens (including phenoxy) is 1. The van der Waals surface area contributed by atoms with E-state index in [0.29, 0.717) is 0 Å². The predicted molar refractivity (Wildman–Crippen MR) is 57.4 cm³/mol. The van der Waals surface area contributed by atoms with Crippen molar-refractivity contribution in [1.82, 2.24) is 4.98 Å². The molecule has 2 rings (SSSR count). The Morgan fingerprint density at radius 3 is 2.86 bits per heavy atom. The first-order valence-electron chi connectivity index (χ1n) is 5.00. The van der Waals surface area contributed by atoms with Crippen molar-refractivity contribution in [2.24, 2.45) is 11.1 Å². The standard InChI is InChI=1S/C10H16N2OS/c11-7-10(1-3-13-4-2-10)5-9-6-14-8-12-9/h6,8H,1-5,7,11H2. The van der Waals surface area contributed by atoms with Crippen molar-refractivity contribution < 1.29 is 4.74 Å². The third kappa shape index (κ3) is 2.13. The van der Waals surface area contributed by atoms with Gasteiger partial charge >= 0.3 is 0 Å². The van der Waals surface area contributed by atoms with Crippen LogP contribution in [0.4, 0.5) is 0 Å². The van der Waals surface area contributed by atoms with Crippen LogP contribution in [0.15, 0.2) is 10.9 Å². The third-order valence-electron chi connectivity index (χ3n) is 3.03. The SMILES string of the molecule is NCC1(Cc2cscn2)CCOCC1. The van der Waals surface area contributed by atoms with Gasteiger partial charge in [-0.05, 0) is 31.2 Å². The Kier molecular flexibility index (Phi) is 3.15. The normalized spacial score (nSPS) is 20.9. The number of thiazole rings is 1. The average molecular weight is 212 g/mol. The summed E-state index contributed by atoms with van der Waals surface area (Å²) in [6.45, 7) is 2.44. The molecule has 1 saturated heterocycles. The summed E-state index contributed by atoms with van der Waals surface area (Å²) >= 11 is 1.65. The smallest absolute Gasteiger partial charge is 0.0794 e. The van der Waals surface area contributed by atoms with E-state index in [1.54, 1.807) is 11.3 Å². The van der Waals surface area contributed by atoms with Crippen molar-refractivity contribution in [3.8, 4) is 0 Å². The van der Waals surface area contributed by atoms with Gasteiger partial charge in [-0.2, -0.15) is 0 Å². The average Bonchev–Trinajstić information content (AvgIpc) is 2.72. The molecular weight excluding hydrogens is 196 g/mol. The fourth-order valence-corrected chi connectivity index (χ4v) is 2.52. The number of hydrogen-bond donors (Lipinski definition) is 1. The van der Waals surface area contributed by atoms with Gasteiger partial charge in [0, 0.05) is 18.6 Å². The molecule has 3 nitrogen and oxygen atoms in total. The zero-order chi connectivity index (χ0) is 9.86. The van der Waals surface area contributed by atoms with Gasteiger partial charge < -0.3 is 10.5 Å². The minimum atomic E-state index is 0.242. The van der Waals surface area contributed by atoms with E-state index in [1.165, 1.54) is 5.69 Å². The molecule has 14 heavy (non-hydrogen) atoms. The lowest BCUT2D eigenvalue weighted by atomic mass is 9.76. The Bertz CT molecular complexity index is 268. The highest BCUT2D eigenvalue weighted by Crippen LogP contribution is 2.32. The van der Waals surface area contributed by atoms with E-state index in [0.717, 1.165) is 39.0 Å². The van der Waals surface area contributed by atoms with Crippen LogP contribution >= 0.6 is 11.3 Å². The molecular formula is C10H16N2OS. The summed E-state index contributed by atoms with van der Waals surface area (Å²) in [5.74, 6) is 0. The second-order valence-corrected chi connectivity index (χ2v) is 4.69. The molecule has 0 atom stereocenters. The molecule has 78 valence electrons. The molecule has 4 heteroatoms. The van der Waals surface area contributed by atoms with Gasteiger partial charge in [0.05, 0.1) is 11.2 Å². The van der Waals surface area contributed by atoms with Crippen LogP contribution in [0, 0.1) is 5.41 Å². The van der Waals surface area contributed by atoms with Crippen LogP contribution in [0.2, 0.25) is 0 Å². The first-order valence-corrected chi connectivity index (χ1v) is 5.94. The van der Waals surface area contributed by atoms with Crippen molar-refractivity contribution in [1.29, 1.82) is 0 Å². The van der Waals surface area contributed by atoms with Gasteiger partial charge in [-0.15, -0.1) is 11.3 Å². The Balaban J connectivity index is 2.04. The lowest BCUT2D eigenvalue weighted by molar-refractivity contribution is 0.0187. The monoisotopic (exact) mass is 212 g/mol. The van der Waals surface area contributed by atoms with Gasteiger partial charge in [-0.3, -0.25) is 0 Å². The molecule has 2 heterocycles. The number of aromatic nitrogens is 1. The Morgan fingerprint density at radius 1 is 1.50 bits per heavy atom. The van der Waals surface area contributed by atoms with Crippen LogP contribution < -0.4 is 5.73 Å². The van der Waals surface area contributed by atoms with Crippen molar-refractivity contribution in [3.63, 3.8) is 0 Å². The zero-order valence-corrected chi connectivity index (χ0v) is 9.05. The number of nitrogens with zero attached hydrogens (tertiary/aromatic N) is 1. The maximum atomic E-state index is 5.87. The molecule has 1 aliphatic rings. The molecule has 0 bridgehead atoms. The van der Waals surface area contributed by atoms with Crippen LogP contribution in [0.1, 0.15) is 18.5 Å². The van der Waals surface area contributed by atoms with E-state index in [2.05, 4.69) is 10.4 Å². The molecule has 2 N–H and O–H groups in total. The van der Waals surface area contributed by atoms with E-state index in [4.69, 9.17) is 10.5 Å². The molecule has 0 aromatic carbocycles. The topological polar surface area (TPSA) is 48.1 Å². The first kappa shape index (κ1) is 10.1. The van der Waals surface area contributed by atoms with Crippen LogP contribution in [-0.4, -0.2) is 24.7 Å². The van der Waals surface area contributed by atoms with Gasteiger partial charge in [0.1, 0.15) is 0 Å². The highest BCUT2D eigenvalue weighted by Gasteiger charge is 2.31. The van der Waals surface area contributed by atoms with E-state index < -0.39 is 0 Å². The van der Waals surface area contributed by atoms with Crippen LogP contribution in [-0.2, 0) is 11.2 Å². The van der Waals surface area contributed by atoms with Crippen LogP contribution in [0.5, 0.6) is 0 Å². The van der Waals surface area contributed by atoms with E-state index in [1.807, 2.05) is 5.51 Å². The highest BCUT2D eigenvalue weighted by atomic mass is 32.1. The first-order chi connectivity index (χ1) is 6.85. The van der Waals surface area contributed by atoms with Crippen molar-refractivity contribution in [2.45, 2.75) is 19.3 Å². The summed E-state index contributed by atoms with van der Waals surface area (Å²) in [7, 11) is 0. The second-order valence-electron chi connectivity index (χ2n) is 3.97. The Labute approximate surface area is 88.3 Å². The van der Waals surface area contributed by atoms with Crippen molar-refractivity contribution in [3.05, 3.63) is 16.6 Å². The lowest BCUT2D eigenvalue weighted by Gasteiger charge is -2.35. The van der Waals surface area contributed by atoms with E-state index in [9.17, 15) is 0 Å². The second kappa shape index (κ2) is 4.38. The zero-order valence-electron chi connectivity index (χ0n) is 8.24. The number of rotatable bonds is 3. The van der Waals surface area contributed by atoms with Crippen LogP contribution in [0.3, 0.4) is 0 Å². The van der Waals surface area contributed by atoms with Gasteiger partial charge in [-0.25, -0.2) is 4.98 Å². The molecule has 0 saturated carbocycles. The summed E-state index contributed by atoms with van der Waals surface area (Å²) in [5.41, 5.74) is 9.19.